The molecular weight excluding hydrogens is 419 g/mol. The fourth-order valence-corrected chi connectivity index (χ4v) is 3.84. The summed E-state index contributed by atoms with van der Waals surface area (Å²) in [5, 5.41) is 3.74. The van der Waals surface area contributed by atoms with E-state index < -0.39 is 0 Å². The van der Waals surface area contributed by atoms with Crippen molar-refractivity contribution in [1.82, 2.24) is 14.9 Å². The predicted octanol–water partition coefficient (Wildman–Crippen LogP) is 4.71. The average molecular weight is 445 g/mol. The lowest BCUT2D eigenvalue weighted by molar-refractivity contribution is -0.133. The summed E-state index contributed by atoms with van der Waals surface area (Å²) in [7, 11) is 1.61. The van der Waals surface area contributed by atoms with E-state index in [1.165, 1.54) is 17.0 Å². The second-order valence-corrected chi connectivity index (χ2v) is 8.05. The van der Waals surface area contributed by atoms with Crippen LogP contribution in [0.1, 0.15) is 17.5 Å². The highest BCUT2D eigenvalue weighted by atomic mass is 19.1. The van der Waals surface area contributed by atoms with Gasteiger partial charge in [0.15, 0.2) is 0 Å². The number of aryl methyl sites for hydroxylation is 2. The number of H-pyrrole nitrogens is 1. The third-order valence-electron chi connectivity index (χ3n) is 5.52. The molecule has 0 unspecified atom stereocenters. The minimum Gasteiger partial charge on any atom is -0.354 e. The Kier molecular flexibility index (Phi) is 6.49. The summed E-state index contributed by atoms with van der Waals surface area (Å²) in [6, 6.07) is 17.8. The fourth-order valence-electron chi connectivity index (χ4n) is 3.84. The summed E-state index contributed by atoms with van der Waals surface area (Å²) < 4.78 is 13.4. The largest absolute Gasteiger partial charge is 0.354 e. The molecule has 0 aliphatic heterocycles. The monoisotopic (exact) mass is 444 g/mol. The Hall–Kier alpha value is -4.00. The Bertz CT molecular complexity index is 1300. The molecule has 4 rings (SSSR count). The second-order valence-electron chi connectivity index (χ2n) is 8.05. The van der Waals surface area contributed by atoms with Gasteiger partial charge in [0.1, 0.15) is 11.6 Å². The summed E-state index contributed by atoms with van der Waals surface area (Å²) in [5.74, 6) is -0.281. The molecule has 0 aliphatic carbocycles. The van der Waals surface area contributed by atoms with Crippen molar-refractivity contribution in [3.05, 3.63) is 83.8 Å². The maximum Gasteiger partial charge on any atom is 0.245 e. The number of pyridine rings is 1. The van der Waals surface area contributed by atoms with E-state index in [2.05, 4.69) is 15.3 Å². The lowest BCUT2D eigenvalue weighted by atomic mass is 10.0. The number of para-hydroxylation sites is 1. The number of halogens is 1. The van der Waals surface area contributed by atoms with Gasteiger partial charge in [-0.2, -0.15) is 0 Å². The summed E-state index contributed by atoms with van der Waals surface area (Å²) in [4.78, 5) is 34.0. The Labute approximate surface area is 191 Å². The normalized spacial score (nSPS) is 10.9. The summed E-state index contributed by atoms with van der Waals surface area (Å²) in [5.41, 5.74) is 4.66. The number of amides is 2. The highest BCUT2D eigenvalue weighted by molar-refractivity contribution is 5.94. The molecule has 2 N–H and O–H groups in total. The molecule has 0 fully saturated rings. The van der Waals surface area contributed by atoms with Gasteiger partial charge in [0.05, 0.1) is 6.54 Å². The third kappa shape index (κ3) is 5.26. The van der Waals surface area contributed by atoms with Gasteiger partial charge in [0.25, 0.3) is 0 Å². The van der Waals surface area contributed by atoms with Gasteiger partial charge in [-0.25, -0.2) is 9.37 Å². The Morgan fingerprint density at radius 2 is 1.85 bits per heavy atom. The maximum absolute atomic E-state index is 13.4. The van der Waals surface area contributed by atoms with Crippen LogP contribution in [0.2, 0.25) is 0 Å². The molecule has 0 bridgehead atoms. The number of likely N-dealkylation sites (N-methyl/N-ethyl adjacent to an activating group) is 1. The Morgan fingerprint density at radius 1 is 1.09 bits per heavy atom. The molecule has 2 amide bonds. The highest BCUT2D eigenvalue weighted by Crippen LogP contribution is 2.31. The van der Waals surface area contributed by atoms with E-state index in [0.29, 0.717) is 12.2 Å². The zero-order valence-electron chi connectivity index (χ0n) is 18.6. The third-order valence-corrected chi connectivity index (χ3v) is 5.52. The molecule has 0 atom stereocenters. The number of rotatable bonds is 7. The molecule has 0 saturated carbocycles. The molecule has 7 heteroatoms. The van der Waals surface area contributed by atoms with Crippen LogP contribution in [0.4, 0.5) is 10.2 Å². The quantitative estimate of drug-likeness (QED) is 0.433. The summed E-state index contributed by atoms with van der Waals surface area (Å²) in [6.07, 6.45) is 2.35. The highest BCUT2D eigenvalue weighted by Gasteiger charge is 2.17. The number of nitrogens with zero attached hydrogens (tertiary/aromatic N) is 2. The van der Waals surface area contributed by atoms with Crippen molar-refractivity contribution >= 4 is 28.5 Å². The molecule has 0 aliphatic rings. The molecule has 2 heterocycles. The van der Waals surface area contributed by atoms with Crippen LogP contribution >= 0.6 is 0 Å². The van der Waals surface area contributed by atoms with Crippen LogP contribution in [0.25, 0.3) is 22.2 Å². The van der Waals surface area contributed by atoms with E-state index in [1.807, 2.05) is 37.3 Å². The van der Waals surface area contributed by atoms with Crippen LogP contribution < -0.4 is 5.32 Å². The SMILES string of the molecule is Cc1ccnc(NC(=O)CN(C)C(=O)CCc2c(-c3ccc(F)cc3)[nH]c3ccccc23)c1. The molecule has 4 aromatic rings. The molecule has 0 saturated heterocycles. The Morgan fingerprint density at radius 3 is 2.61 bits per heavy atom. The summed E-state index contributed by atoms with van der Waals surface area (Å²) >= 11 is 0. The predicted molar refractivity (Wildman–Crippen MR) is 127 cm³/mol. The number of aromatic nitrogens is 2. The van der Waals surface area contributed by atoms with Crippen molar-refractivity contribution < 1.29 is 14.0 Å². The van der Waals surface area contributed by atoms with Crippen molar-refractivity contribution in [2.75, 3.05) is 18.9 Å². The lowest BCUT2D eigenvalue weighted by Gasteiger charge is -2.17. The number of aromatic amines is 1. The minimum absolute atomic E-state index is 0.0623. The second kappa shape index (κ2) is 9.65. The number of anilines is 1. The number of carbonyl (C=O) groups is 2. The van der Waals surface area contributed by atoms with Gasteiger partial charge in [0.2, 0.25) is 11.8 Å². The van der Waals surface area contributed by atoms with Crippen molar-refractivity contribution in [3.63, 3.8) is 0 Å². The first kappa shape index (κ1) is 22.2. The molecule has 33 heavy (non-hydrogen) atoms. The number of hydrogen-bond acceptors (Lipinski definition) is 3. The van der Waals surface area contributed by atoms with Gasteiger partial charge in [-0.05, 0) is 72.5 Å². The first-order valence-corrected chi connectivity index (χ1v) is 10.7. The van der Waals surface area contributed by atoms with Crippen molar-refractivity contribution in [2.45, 2.75) is 19.8 Å². The van der Waals surface area contributed by atoms with E-state index in [0.717, 1.165) is 33.3 Å². The van der Waals surface area contributed by atoms with Gasteiger partial charge < -0.3 is 15.2 Å². The standard InChI is InChI=1S/C26H25FN4O2/c1-17-13-14-28-23(15-17)30-24(32)16-31(2)25(33)12-11-21-20-5-3-4-6-22(20)29-26(21)18-7-9-19(27)10-8-18/h3-10,13-15,29H,11-12,16H2,1-2H3,(H,28,30,32). The maximum atomic E-state index is 13.4. The topological polar surface area (TPSA) is 78.1 Å². The number of nitrogens with one attached hydrogen (secondary N) is 2. The van der Waals surface area contributed by atoms with E-state index in [9.17, 15) is 14.0 Å². The first-order valence-electron chi connectivity index (χ1n) is 10.7. The van der Waals surface area contributed by atoms with Gasteiger partial charge in [0, 0.05) is 36.3 Å². The summed E-state index contributed by atoms with van der Waals surface area (Å²) in [6.45, 7) is 1.85. The van der Waals surface area contributed by atoms with Gasteiger partial charge in [-0.3, -0.25) is 9.59 Å². The van der Waals surface area contributed by atoms with Gasteiger partial charge in [-0.1, -0.05) is 18.2 Å². The van der Waals surface area contributed by atoms with Crippen molar-refractivity contribution in [1.29, 1.82) is 0 Å². The van der Waals surface area contributed by atoms with Crippen LogP contribution in [0.3, 0.4) is 0 Å². The molecular formula is C26H25FN4O2. The molecule has 0 spiro atoms. The van der Waals surface area contributed by atoms with E-state index in [-0.39, 0.29) is 30.6 Å². The zero-order valence-corrected chi connectivity index (χ0v) is 18.6. The molecule has 2 aromatic heterocycles. The van der Waals surface area contributed by atoms with E-state index >= 15 is 0 Å². The zero-order chi connectivity index (χ0) is 23.4. The van der Waals surface area contributed by atoms with Crippen molar-refractivity contribution in [2.24, 2.45) is 0 Å². The van der Waals surface area contributed by atoms with Crippen LogP contribution in [0, 0.1) is 12.7 Å². The van der Waals surface area contributed by atoms with Gasteiger partial charge in [-0.15, -0.1) is 0 Å². The molecule has 6 nitrogen and oxygen atoms in total. The number of fused-ring (bicyclic) bond motifs is 1. The fraction of sp³-hybridized carbons (Fsp3) is 0.192. The van der Waals surface area contributed by atoms with Crippen LogP contribution in [0.5, 0.6) is 0 Å². The Balaban J connectivity index is 1.45. The lowest BCUT2D eigenvalue weighted by Crippen LogP contribution is -2.35. The molecule has 0 radical (unpaired) electrons. The smallest absolute Gasteiger partial charge is 0.245 e. The van der Waals surface area contributed by atoms with Crippen LogP contribution in [-0.4, -0.2) is 40.3 Å². The number of benzene rings is 2. The number of hydrogen-bond donors (Lipinski definition) is 2. The van der Waals surface area contributed by atoms with Crippen molar-refractivity contribution in [3.8, 4) is 11.3 Å². The van der Waals surface area contributed by atoms with Crippen LogP contribution in [-0.2, 0) is 16.0 Å². The van der Waals surface area contributed by atoms with Crippen LogP contribution in [0.15, 0.2) is 66.9 Å². The first-order chi connectivity index (χ1) is 15.9. The molecule has 2 aromatic carbocycles. The van der Waals surface area contributed by atoms with E-state index in [4.69, 9.17) is 0 Å². The average Bonchev–Trinajstić information content (AvgIpc) is 3.16. The van der Waals surface area contributed by atoms with E-state index in [1.54, 1.807) is 31.4 Å². The van der Waals surface area contributed by atoms with Gasteiger partial charge >= 0.3 is 0 Å². The minimum atomic E-state index is -0.303. The molecule has 168 valence electrons. The number of carbonyl (C=O) groups excluding carboxylic acids is 2.